The molecule has 1 aliphatic rings. The standard InChI is InChI=1S/C19H34N4OS/c1-5-20-19(22-15(2)13-18-9-8-16(3)25-18)21-14-17-7-6-10-23(17)11-12-24-4/h8-9,15,17H,5-7,10-14H2,1-4H3,(H2,20,21,22). The molecule has 1 aromatic rings. The monoisotopic (exact) mass is 366 g/mol. The lowest BCUT2D eigenvalue weighted by atomic mass is 10.2. The van der Waals surface area contributed by atoms with Gasteiger partial charge in [-0.25, -0.2) is 0 Å². The van der Waals surface area contributed by atoms with Gasteiger partial charge < -0.3 is 15.4 Å². The molecule has 0 amide bonds. The quantitative estimate of drug-likeness (QED) is 0.521. The zero-order valence-electron chi connectivity index (χ0n) is 16.2. The van der Waals surface area contributed by atoms with Crippen molar-refractivity contribution in [2.24, 2.45) is 4.99 Å². The maximum Gasteiger partial charge on any atom is 0.191 e. The minimum Gasteiger partial charge on any atom is -0.383 e. The summed E-state index contributed by atoms with van der Waals surface area (Å²) in [5.41, 5.74) is 0. The van der Waals surface area contributed by atoms with Gasteiger partial charge in [0.15, 0.2) is 5.96 Å². The summed E-state index contributed by atoms with van der Waals surface area (Å²) in [6.45, 7) is 11.2. The van der Waals surface area contributed by atoms with Gasteiger partial charge in [0, 0.05) is 48.5 Å². The van der Waals surface area contributed by atoms with E-state index in [1.54, 1.807) is 7.11 Å². The summed E-state index contributed by atoms with van der Waals surface area (Å²) < 4.78 is 5.23. The molecular weight excluding hydrogens is 332 g/mol. The lowest BCUT2D eigenvalue weighted by Crippen LogP contribution is -2.44. The van der Waals surface area contributed by atoms with Crippen molar-refractivity contribution >= 4 is 17.3 Å². The minimum atomic E-state index is 0.365. The Balaban J connectivity index is 1.86. The highest BCUT2D eigenvalue weighted by molar-refractivity contribution is 7.11. The molecule has 142 valence electrons. The Morgan fingerprint density at radius 3 is 3.00 bits per heavy atom. The molecule has 25 heavy (non-hydrogen) atoms. The number of nitrogens with one attached hydrogen (secondary N) is 2. The van der Waals surface area contributed by atoms with Crippen LogP contribution in [-0.2, 0) is 11.2 Å². The summed E-state index contributed by atoms with van der Waals surface area (Å²) in [6.07, 6.45) is 3.53. The van der Waals surface area contributed by atoms with Crippen molar-refractivity contribution in [3.05, 3.63) is 21.9 Å². The predicted molar refractivity (Wildman–Crippen MR) is 108 cm³/mol. The Kier molecular flexibility index (Phi) is 8.72. The summed E-state index contributed by atoms with van der Waals surface area (Å²) in [4.78, 5) is 10.2. The molecule has 2 heterocycles. The Morgan fingerprint density at radius 2 is 2.32 bits per heavy atom. The second-order valence-electron chi connectivity index (χ2n) is 6.81. The Hall–Kier alpha value is -1.11. The molecule has 2 atom stereocenters. The zero-order chi connectivity index (χ0) is 18.1. The van der Waals surface area contributed by atoms with Crippen LogP contribution in [0.5, 0.6) is 0 Å². The molecule has 1 saturated heterocycles. The maximum absolute atomic E-state index is 5.23. The molecule has 6 heteroatoms. The van der Waals surface area contributed by atoms with Gasteiger partial charge in [0.25, 0.3) is 0 Å². The average Bonchev–Trinajstić information content (AvgIpc) is 3.19. The first-order valence-electron chi connectivity index (χ1n) is 9.45. The number of methoxy groups -OCH3 is 1. The van der Waals surface area contributed by atoms with Crippen LogP contribution in [0.25, 0.3) is 0 Å². The summed E-state index contributed by atoms with van der Waals surface area (Å²) in [5.74, 6) is 0.932. The van der Waals surface area contributed by atoms with Gasteiger partial charge in [-0.2, -0.15) is 0 Å². The molecule has 2 rings (SSSR count). The average molecular weight is 367 g/mol. The van der Waals surface area contributed by atoms with Gasteiger partial charge >= 0.3 is 0 Å². The summed E-state index contributed by atoms with van der Waals surface area (Å²) in [5, 5.41) is 6.95. The number of hydrogen-bond acceptors (Lipinski definition) is 4. The first-order valence-corrected chi connectivity index (χ1v) is 10.3. The third kappa shape index (κ3) is 6.96. The number of thiophene rings is 1. The van der Waals surface area contributed by atoms with Crippen molar-refractivity contribution in [2.75, 3.05) is 39.9 Å². The van der Waals surface area contributed by atoms with E-state index in [0.717, 1.165) is 38.6 Å². The SMILES string of the molecule is CCNC(=NCC1CCCN1CCOC)NC(C)Cc1ccc(C)s1. The van der Waals surface area contributed by atoms with Crippen LogP contribution in [0.15, 0.2) is 17.1 Å². The van der Waals surface area contributed by atoms with Gasteiger partial charge in [0.05, 0.1) is 13.2 Å². The number of likely N-dealkylation sites (tertiary alicyclic amines) is 1. The van der Waals surface area contributed by atoms with E-state index in [0.29, 0.717) is 12.1 Å². The van der Waals surface area contributed by atoms with Crippen molar-refractivity contribution in [2.45, 2.75) is 52.1 Å². The number of guanidine groups is 1. The van der Waals surface area contributed by atoms with Gasteiger partial charge in [0.1, 0.15) is 0 Å². The molecule has 1 fully saturated rings. The van der Waals surface area contributed by atoms with E-state index in [4.69, 9.17) is 9.73 Å². The number of aliphatic imine (C=N–C) groups is 1. The zero-order valence-corrected chi connectivity index (χ0v) is 17.0. The number of nitrogens with zero attached hydrogens (tertiary/aromatic N) is 2. The van der Waals surface area contributed by atoms with Gasteiger partial charge in [-0.3, -0.25) is 9.89 Å². The number of hydrogen-bond donors (Lipinski definition) is 2. The van der Waals surface area contributed by atoms with Crippen molar-refractivity contribution < 1.29 is 4.74 Å². The fourth-order valence-electron chi connectivity index (χ4n) is 3.30. The highest BCUT2D eigenvalue weighted by Gasteiger charge is 2.23. The van der Waals surface area contributed by atoms with Crippen LogP contribution in [0.3, 0.4) is 0 Å². The third-order valence-electron chi connectivity index (χ3n) is 4.57. The lowest BCUT2D eigenvalue weighted by molar-refractivity contribution is 0.142. The molecular formula is C19H34N4OS. The molecule has 1 aliphatic heterocycles. The van der Waals surface area contributed by atoms with Crippen LogP contribution < -0.4 is 10.6 Å². The van der Waals surface area contributed by atoms with Crippen molar-refractivity contribution in [1.82, 2.24) is 15.5 Å². The molecule has 2 N–H and O–H groups in total. The first-order chi connectivity index (χ1) is 12.1. The highest BCUT2D eigenvalue weighted by atomic mass is 32.1. The molecule has 0 aromatic carbocycles. The summed E-state index contributed by atoms with van der Waals surface area (Å²) in [7, 11) is 1.77. The second-order valence-corrected chi connectivity index (χ2v) is 8.18. The van der Waals surface area contributed by atoms with E-state index in [1.807, 2.05) is 11.3 Å². The lowest BCUT2D eigenvalue weighted by Gasteiger charge is -2.23. The number of ether oxygens (including phenoxy) is 1. The molecule has 0 spiro atoms. The number of aryl methyl sites for hydroxylation is 1. The van der Waals surface area contributed by atoms with E-state index >= 15 is 0 Å². The summed E-state index contributed by atoms with van der Waals surface area (Å²) >= 11 is 1.88. The van der Waals surface area contributed by atoms with E-state index in [-0.39, 0.29) is 0 Å². The van der Waals surface area contributed by atoms with E-state index in [9.17, 15) is 0 Å². The maximum atomic E-state index is 5.23. The predicted octanol–water partition coefficient (Wildman–Crippen LogP) is 2.65. The van der Waals surface area contributed by atoms with Crippen LogP contribution >= 0.6 is 11.3 Å². The topological polar surface area (TPSA) is 48.9 Å². The number of rotatable bonds is 9. The van der Waals surface area contributed by atoms with Crippen LogP contribution in [-0.4, -0.2) is 62.8 Å². The van der Waals surface area contributed by atoms with E-state index in [1.165, 1.54) is 29.1 Å². The fourth-order valence-corrected chi connectivity index (χ4v) is 4.32. The molecule has 2 unspecified atom stereocenters. The van der Waals surface area contributed by atoms with E-state index in [2.05, 4.69) is 48.4 Å². The third-order valence-corrected chi connectivity index (χ3v) is 5.60. The van der Waals surface area contributed by atoms with Crippen molar-refractivity contribution in [3.8, 4) is 0 Å². The molecule has 0 radical (unpaired) electrons. The smallest absolute Gasteiger partial charge is 0.191 e. The minimum absolute atomic E-state index is 0.365. The Morgan fingerprint density at radius 1 is 1.48 bits per heavy atom. The Bertz CT molecular complexity index is 531. The van der Waals surface area contributed by atoms with Gasteiger partial charge in [-0.1, -0.05) is 0 Å². The fraction of sp³-hybridized carbons (Fsp3) is 0.737. The van der Waals surface area contributed by atoms with Crippen LogP contribution in [0.4, 0.5) is 0 Å². The van der Waals surface area contributed by atoms with E-state index < -0.39 is 0 Å². The molecule has 0 bridgehead atoms. The van der Waals surface area contributed by atoms with Crippen LogP contribution in [0.1, 0.15) is 36.4 Å². The van der Waals surface area contributed by atoms with Crippen LogP contribution in [0.2, 0.25) is 0 Å². The second kappa shape index (κ2) is 10.8. The van der Waals surface area contributed by atoms with Crippen molar-refractivity contribution in [3.63, 3.8) is 0 Å². The summed E-state index contributed by atoms with van der Waals surface area (Å²) in [6, 6.07) is 5.33. The largest absolute Gasteiger partial charge is 0.383 e. The van der Waals surface area contributed by atoms with Gasteiger partial charge in [0.2, 0.25) is 0 Å². The first kappa shape index (κ1) is 20.2. The van der Waals surface area contributed by atoms with Gasteiger partial charge in [-0.05, 0) is 52.3 Å². The molecule has 0 saturated carbocycles. The molecule has 5 nitrogen and oxygen atoms in total. The van der Waals surface area contributed by atoms with Crippen LogP contribution in [0, 0.1) is 6.92 Å². The van der Waals surface area contributed by atoms with Gasteiger partial charge in [-0.15, -0.1) is 11.3 Å². The van der Waals surface area contributed by atoms with Crippen molar-refractivity contribution in [1.29, 1.82) is 0 Å². The molecule has 1 aromatic heterocycles. The highest BCUT2D eigenvalue weighted by Crippen LogP contribution is 2.18. The Labute approximate surface area is 156 Å². The molecule has 0 aliphatic carbocycles. The normalized spacial score (nSPS) is 20.0.